The van der Waals surface area contributed by atoms with Gasteiger partial charge in [0.2, 0.25) is 0 Å². The second-order valence-corrected chi connectivity index (χ2v) is 7.72. The molecule has 0 aliphatic carbocycles. The van der Waals surface area contributed by atoms with Crippen molar-refractivity contribution in [3.63, 3.8) is 0 Å². The molecule has 0 unspecified atom stereocenters. The maximum Gasteiger partial charge on any atom is 0.134 e. The predicted octanol–water partition coefficient (Wildman–Crippen LogP) is 7.38. The Morgan fingerprint density at radius 1 is 0.697 bits per heavy atom. The summed E-state index contributed by atoms with van der Waals surface area (Å²) in [6.45, 7) is 2.06. The molecule has 3 nitrogen and oxygen atoms in total. The topological polar surface area (TPSA) is 38.9 Å². The van der Waals surface area contributed by atoms with Crippen LogP contribution in [0.1, 0.15) is 5.56 Å². The molecule has 3 aromatic heterocycles. The minimum absolute atomic E-state index is 0. The van der Waals surface area contributed by atoms with E-state index in [1.165, 1.54) is 21.7 Å². The number of hydrogen-bond acceptors (Lipinski definition) is 3. The molecular weight excluding hydrogens is 585 g/mol. The van der Waals surface area contributed by atoms with Crippen molar-refractivity contribution in [2.45, 2.75) is 6.92 Å². The van der Waals surface area contributed by atoms with Gasteiger partial charge in [-0.1, -0.05) is 29.1 Å². The molecule has 0 aliphatic rings. The summed E-state index contributed by atoms with van der Waals surface area (Å²) >= 11 is 0. The summed E-state index contributed by atoms with van der Waals surface area (Å²) in [5, 5.41) is 5.75. The van der Waals surface area contributed by atoms with Gasteiger partial charge in [0, 0.05) is 48.8 Å². The maximum absolute atomic E-state index is 5.93. The molecule has 3 heterocycles. The van der Waals surface area contributed by atoms with E-state index in [1.54, 1.807) is 6.20 Å². The van der Waals surface area contributed by atoms with Gasteiger partial charge in [0.15, 0.2) is 0 Å². The first kappa shape index (κ1) is 21.3. The zero-order valence-corrected chi connectivity index (χ0v) is 20.2. The molecule has 0 spiro atoms. The van der Waals surface area contributed by atoms with Gasteiger partial charge in [-0.15, -0.1) is 65.5 Å². The molecule has 0 aliphatic heterocycles. The Hall–Kier alpha value is -3.59. The molecule has 0 bridgehead atoms. The molecule has 4 heteroatoms. The summed E-state index contributed by atoms with van der Waals surface area (Å²) in [5.74, 6) is 0. The summed E-state index contributed by atoms with van der Waals surface area (Å²) in [6.07, 6.45) is 3.61. The molecule has 0 saturated heterocycles. The van der Waals surface area contributed by atoms with Crippen molar-refractivity contribution in [3.8, 4) is 11.3 Å². The summed E-state index contributed by atoms with van der Waals surface area (Å²) in [6, 6.07) is 32.6. The number of nitrogens with zero attached hydrogens (tertiary/aromatic N) is 2. The van der Waals surface area contributed by atoms with Crippen LogP contribution in [0.3, 0.4) is 0 Å². The first-order valence-corrected chi connectivity index (χ1v) is 10.5. The molecule has 4 aromatic carbocycles. The monoisotopic (exact) mass is 603 g/mol. The molecule has 0 N–H and O–H groups in total. The van der Waals surface area contributed by atoms with Gasteiger partial charge in [0.05, 0.1) is 0 Å². The predicted molar refractivity (Wildman–Crippen MR) is 130 cm³/mol. The maximum atomic E-state index is 5.93. The van der Waals surface area contributed by atoms with Gasteiger partial charge in [0.25, 0.3) is 0 Å². The number of furan rings is 1. The normalized spacial score (nSPS) is 10.9. The van der Waals surface area contributed by atoms with Gasteiger partial charge in [-0.05, 0) is 36.2 Å². The molecular formula is C29H18IrN2O-2. The average molecular weight is 603 g/mol. The Bertz CT molecular complexity index is 1600. The fourth-order valence-electron chi connectivity index (χ4n) is 4.34. The van der Waals surface area contributed by atoms with E-state index < -0.39 is 0 Å². The molecule has 7 rings (SSSR count). The van der Waals surface area contributed by atoms with Crippen LogP contribution < -0.4 is 0 Å². The van der Waals surface area contributed by atoms with Crippen LogP contribution in [0.2, 0.25) is 0 Å². The second kappa shape index (κ2) is 8.74. The van der Waals surface area contributed by atoms with Gasteiger partial charge in [-0.25, -0.2) is 0 Å². The van der Waals surface area contributed by atoms with Crippen molar-refractivity contribution in [1.82, 2.24) is 9.97 Å². The van der Waals surface area contributed by atoms with Crippen LogP contribution in [-0.4, -0.2) is 9.97 Å². The molecule has 0 amide bonds. The van der Waals surface area contributed by atoms with E-state index in [9.17, 15) is 0 Å². The van der Waals surface area contributed by atoms with Gasteiger partial charge in [0.1, 0.15) is 11.2 Å². The van der Waals surface area contributed by atoms with E-state index in [2.05, 4.69) is 47.2 Å². The summed E-state index contributed by atoms with van der Waals surface area (Å²) in [4.78, 5) is 8.86. The third-order valence-corrected chi connectivity index (χ3v) is 5.77. The van der Waals surface area contributed by atoms with Crippen LogP contribution >= 0.6 is 0 Å². The van der Waals surface area contributed by atoms with Crippen molar-refractivity contribution < 1.29 is 24.5 Å². The number of rotatable bonds is 1. The van der Waals surface area contributed by atoms with Gasteiger partial charge in [-0.2, -0.15) is 0 Å². The van der Waals surface area contributed by atoms with Crippen molar-refractivity contribution >= 4 is 43.6 Å². The Kier molecular flexibility index (Phi) is 5.63. The third kappa shape index (κ3) is 3.58. The Balaban J connectivity index is 0.000000144. The minimum atomic E-state index is 0. The SMILES string of the molecule is Cc1cccnc1-c1[c-]cccc1.[Ir].[c-]1cccc2c1c1nccc3oc4cccc2c4c31. The van der Waals surface area contributed by atoms with E-state index in [1.807, 2.05) is 66.9 Å². The van der Waals surface area contributed by atoms with Crippen molar-refractivity contribution in [2.75, 3.05) is 0 Å². The van der Waals surface area contributed by atoms with E-state index >= 15 is 0 Å². The van der Waals surface area contributed by atoms with Gasteiger partial charge >= 0.3 is 0 Å². The standard InChI is InChI=1S/C17H8NO.C12H10N.Ir/c1-2-5-12-10(4-1)11-6-3-7-13-15(11)16-14(19-13)8-9-18-17(12)16;1-10-6-5-9-13-12(10)11-7-3-2-4-8-11;/h1-4,6-9H;2-7,9H,1H3;/q2*-1;. The summed E-state index contributed by atoms with van der Waals surface area (Å²) < 4.78 is 5.93. The number of hydrogen-bond donors (Lipinski definition) is 0. The fourth-order valence-corrected chi connectivity index (χ4v) is 4.34. The number of benzene rings is 4. The molecule has 0 fully saturated rings. The summed E-state index contributed by atoms with van der Waals surface area (Å²) in [7, 11) is 0. The largest absolute Gasteiger partial charge is 0.457 e. The number of aryl methyl sites for hydroxylation is 1. The van der Waals surface area contributed by atoms with Crippen LogP contribution in [0.5, 0.6) is 0 Å². The first-order chi connectivity index (χ1) is 15.8. The van der Waals surface area contributed by atoms with Crippen LogP contribution in [0.15, 0.2) is 95.7 Å². The van der Waals surface area contributed by atoms with Crippen molar-refractivity contribution in [3.05, 3.63) is 109 Å². The van der Waals surface area contributed by atoms with E-state index in [0.29, 0.717) is 0 Å². The first-order valence-electron chi connectivity index (χ1n) is 10.5. The van der Waals surface area contributed by atoms with Crippen LogP contribution in [0.25, 0.3) is 54.9 Å². The Morgan fingerprint density at radius 2 is 1.55 bits per heavy atom. The van der Waals surface area contributed by atoms with Gasteiger partial charge < -0.3 is 14.4 Å². The van der Waals surface area contributed by atoms with Crippen molar-refractivity contribution in [1.29, 1.82) is 0 Å². The number of aromatic nitrogens is 2. The summed E-state index contributed by atoms with van der Waals surface area (Å²) in [5.41, 5.74) is 6.06. The van der Waals surface area contributed by atoms with Crippen LogP contribution in [0.4, 0.5) is 0 Å². The van der Waals surface area contributed by atoms with E-state index in [-0.39, 0.29) is 20.1 Å². The van der Waals surface area contributed by atoms with Gasteiger partial charge in [-0.3, -0.25) is 0 Å². The molecule has 0 saturated carbocycles. The second-order valence-electron chi connectivity index (χ2n) is 7.72. The molecule has 1 radical (unpaired) electrons. The van der Waals surface area contributed by atoms with Crippen molar-refractivity contribution in [2.24, 2.45) is 0 Å². The van der Waals surface area contributed by atoms with Crippen LogP contribution in [0, 0.1) is 19.1 Å². The zero-order valence-electron chi connectivity index (χ0n) is 17.8. The average Bonchev–Trinajstić information content (AvgIpc) is 3.24. The molecule has 33 heavy (non-hydrogen) atoms. The smallest absolute Gasteiger partial charge is 0.134 e. The molecule has 7 aromatic rings. The molecule has 0 atom stereocenters. The van der Waals surface area contributed by atoms with E-state index in [0.717, 1.165) is 38.7 Å². The molecule has 161 valence electrons. The fraction of sp³-hybridized carbons (Fsp3) is 0.0345. The Morgan fingerprint density at radius 3 is 2.39 bits per heavy atom. The third-order valence-electron chi connectivity index (χ3n) is 5.77. The van der Waals surface area contributed by atoms with Crippen LogP contribution in [-0.2, 0) is 20.1 Å². The minimum Gasteiger partial charge on any atom is -0.457 e. The Labute approximate surface area is 204 Å². The number of pyridine rings is 2. The number of fused-ring (bicyclic) bond motifs is 3. The van der Waals surface area contributed by atoms with E-state index in [4.69, 9.17) is 4.42 Å². The zero-order chi connectivity index (χ0) is 21.5. The quantitative estimate of drug-likeness (QED) is 0.145.